The minimum Gasteiger partial charge on any atom is -0.385 e. The Hall–Kier alpha value is -0.240. The molecule has 1 nitrogen and oxygen atoms in total. The van der Waals surface area contributed by atoms with Crippen LogP contribution >= 0.6 is 23.2 Å². The Labute approximate surface area is 113 Å². The zero-order chi connectivity index (χ0) is 12.7. The van der Waals surface area contributed by atoms with Gasteiger partial charge < -0.3 is 5.11 Å². The molecule has 17 heavy (non-hydrogen) atoms. The molecule has 0 saturated heterocycles. The Morgan fingerprint density at radius 1 is 1.00 bits per heavy atom. The van der Waals surface area contributed by atoms with Gasteiger partial charge in [0.1, 0.15) is 0 Å². The average molecular weight is 273 g/mol. The summed E-state index contributed by atoms with van der Waals surface area (Å²) >= 11 is 11.9. The second-order valence-corrected chi connectivity index (χ2v) is 6.64. The summed E-state index contributed by atoms with van der Waals surface area (Å²) < 4.78 is 0. The molecule has 0 radical (unpaired) electrons. The molecule has 1 aliphatic rings. The molecule has 0 aromatic heterocycles. The minimum atomic E-state index is -0.732. The fourth-order valence-corrected chi connectivity index (χ4v) is 2.71. The summed E-state index contributed by atoms with van der Waals surface area (Å²) in [5.74, 6) is 0. The molecule has 0 atom stereocenters. The van der Waals surface area contributed by atoms with Crippen LogP contribution in [0.1, 0.15) is 45.1 Å². The summed E-state index contributed by atoms with van der Waals surface area (Å²) in [6, 6.07) is 5.44. The molecule has 1 aromatic carbocycles. The first kappa shape index (κ1) is 13.2. The van der Waals surface area contributed by atoms with Gasteiger partial charge in [0.2, 0.25) is 0 Å². The van der Waals surface area contributed by atoms with Crippen LogP contribution < -0.4 is 0 Å². The lowest BCUT2D eigenvalue weighted by Crippen LogP contribution is -2.34. The van der Waals surface area contributed by atoms with Crippen LogP contribution in [0.4, 0.5) is 0 Å². The number of rotatable bonds is 1. The lowest BCUT2D eigenvalue weighted by molar-refractivity contribution is -0.0305. The zero-order valence-corrected chi connectivity index (χ0v) is 11.8. The van der Waals surface area contributed by atoms with Gasteiger partial charge in [-0.2, -0.15) is 0 Å². The van der Waals surface area contributed by atoms with Crippen molar-refractivity contribution in [1.82, 2.24) is 0 Å². The van der Waals surface area contributed by atoms with Gasteiger partial charge in [0, 0.05) is 0 Å². The highest BCUT2D eigenvalue weighted by molar-refractivity contribution is 6.42. The Kier molecular flexibility index (Phi) is 3.46. The van der Waals surface area contributed by atoms with E-state index in [0.29, 0.717) is 15.5 Å². The summed E-state index contributed by atoms with van der Waals surface area (Å²) in [7, 11) is 0. The van der Waals surface area contributed by atoms with E-state index in [1.807, 2.05) is 6.07 Å². The molecule has 1 aliphatic carbocycles. The highest BCUT2D eigenvalue weighted by atomic mass is 35.5. The minimum absolute atomic E-state index is 0.336. The van der Waals surface area contributed by atoms with Crippen molar-refractivity contribution in [2.45, 2.75) is 45.1 Å². The van der Waals surface area contributed by atoms with E-state index in [9.17, 15) is 5.11 Å². The summed E-state index contributed by atoms with van der Waals surface area (Å²) in [6.07, 6.45) is 3.64. The molecule has 0 spiro atoms. The van der Waals surface area contributed by atoms with Crippen molar-refractivity contribution in [2.75, 3.05) is 0 Å². The predicted molar refractivity (Wildman–Crippen MR) is 72.6 cm³/mol. The van der Waals surface area contributed by atoms with Crippen LogP contribution in [0.15, 0.2) is 18.2 Å². The predicted octanol–water partition coefficient (Wildman–Crippen LogP) is 4.78. The average Bonchev–Trinajstić information content (AvgIpc) is 2.27. The molecule has 1 aromatic rings. The molecule has 0 heterocycles. The summed E-state index contributed by atoms with van der Waals surface area (Å²) in [5, 5.41) is 11.7. The molecule has 1 N–H and O–H groups in total. The van der Waals surface area contributed by atoms with Crippen LogP contribution in [0.25, 0.3) is 0 Å². The molecule has 0 unspecified atom stereocenters. The van der Waals surface area contributed by atoms with Gasteiger partial charge in [-0.05, 0) is 48.8 Å². The van der Waals surface area contributed by atoms with Crippen molar-refractivity contribution in [3.05, 3.63) is 33.8 Å². The molecule has 1 saturated carbocycles. The van der Waals surface area contributed by atoms with Crippen LogP contribution in [0, 0.1) is 5.41 Å². The largest absolute Gasteiger partial charge is 0.385 e. The van der Waals surface area contributed by atoms with E-state index in [1.165, 1.54) is 0 Å². The van der Waals surface area contributed by atoms with E-state index in [-0.39, 0.29) is 0 Å². The smallest absolute Gasteiger partial charge is 0.0897 e. The monoisotopic (exact) mass is 272 g/mol. The lowest BCUT2D eigenvalue weighted by Gasteiger charge is -2.40. The summed E-state index contributed by atoms with van der Waals surface area (Å²) in [4.78, 5) is 0. The maximum Gasteiger partial charge on any atom is 0.0897 e. The number of aliphatic hydroxyl groups is 1. The Bertz CT molecular complexity index is 416. The fraction of sp³-hybridized carbons (Fsp3) is 0.571. The highest BCUT2D eigenvalue weighted by Gasteiger charge is 2.37. The van der Waals surface area contributed by atoms with E-state index in [0.717, 1.165) is 31.2 Å². The van der Waals surface area contributed by atoms with Crippen molar-refractivity contribution < 1.29 is 5.11 Å². The first-order chi connectivity index (χ1) is 7.82. The molecule has 1 fully saturated rings. The van der Waals surface area contributed by atoms with Crippen molar-refractivity contribution >= 4 is 23.2 Å². The number of halogens is 2. The summed E-state index contributed by atoms with van der Waals surface area (Å²) in [6.45, 7) is 4.50. The van der Waals surface area contributed by atoms with Gasteiger partial charge in [-0.1, -0.05) is 43.1 Å². The second-order valence-electron chi connectivity index (χ2n) is 5.82. The Morgan fingerprint density at radius 2 is 1.59 bits per heavy atom. The molecule has 0 bridgehead atoms. The molecular formula is C14H18Cl2O. The number of benzene rings is 1. The molecular weight excluding hydrogens is 255 g/mol. The van der Waals surface area contributed by atoms with E-state index in [1.54, 1.807) is 12.1 Å². The van der Waals surface area contributed by atoms with Crippen LogP contribution in [0.2, 0.25) is 10.0 Å². The highest BCUT2D eigenvalue weighted by Crippen LogP contribution is 2.45. The number of hydrogen-bond donors (Lipinski definition) is 1. The normalized spacial score (nSPS) is 22.4. The molecule has 0 aliphatic heterocycles. The fourth-order valence-electron chi connectivity index (χ4n) is 2.41. The molecule has 2 rings (SSSR count). The van der Waals surface area contributed by atoms with E-state index in [4.69, 9.17) is 23.2 Å². The molecule has 0 amide bonds. The Morgan fingerprint density at radius 3 is 2.12 bits per heavy atom. The van der Waals surface area contributed by atoms with E-state index < -0.39 is 5.60 Å². The topological polar surface area (TPSA) is 20.2 Å². The maximum absolute atomic E-state index is 10.7. The van der Waals surface area contributed by atoms with E-state index in [2.05, 4.69) is 13.8 Å². The number of hydrogen-bond acceptors (Lipinski definition) is 1. The third-order valence-electron chi connectivity index (χ3n) is 3.89. The van der Waals surface area contributed by atoms with Gasteiger partial charge in [-0.25, -0.2) is 0 Å². The second kappa shape index (κ2) is 4.46. The SMILES string of the molecule is CC1(C)CCC(O)(c2ccc(Cl)c(Cl)c2)CC1. The van der Waals surface area contributed by atoms with E-state index >= 15 is 0 Å². The zero-order valence-electron chi connectivity index (χ0n) is 10.3. The van der Waals surface area contributed by atoms with Crippen LogP contribution in [-0.2, 0) is 5.60 Å². The van der Waals surface area contributed by atoms with Gasteiger partial charge >= 0.3 is 0 Å². The van der Waals surface area contributed by atoms with Gasteiger partial charge in [-0.15, -0.1) is 0 Å². The van der Waals surface area contributed by atoms with Crippen LogP contribution in [0.3, 0.4) is 0 Å². The quantitative estimate of drug-likeness (QED) is 0.780. The van der Waals surface area contributed by atoms with Gasteiger partial charge in [0.15, 0.2) is 0 Å². The van der Waals surface area contributed by atoms with Gasteiger partial charge in [0.05, 0.1) is 15.6 Å². The van der Waals surface area contributed by atoms with Crippen molar-refractivity contribution in [3.63, 3.8) is 0 Å². The molecule has 94 valence electrons. The third-order valence-corrected chi connectivity index (χ3v) is 4.63. The van der Waals surface area contributed by atoms with Gasteiger partial charge in [-0.3, -0.25) is 0 Å². The van der Waals surface area contributed by atoms with Crippen LogP contribution in [-0.4, -0.2) is 5.11 Å². The van der Waals surface area contributed by atoms with Crippen LogP contribution in [0.5, 0.6) is 0 Å². The first-order valence-corrected chi connectivity index (χ1v) is 6.76. The third kappa shape index (κ3) is 2.78. The standard InChI is InChI=1S/C14H18Cl2O/c1-13(2)5-7-14(17,8-6-13)10-3-4-11(15)12(16)9-10/h3-4,9,17H,5-8H2,1-2H3. The van der Waals surface area contributed by atoms with Crippen molar-refractivity contribution in [3.8, 4) is 0 Å². The van der Waals surface area contributed by atoms with Crippen molar-refractivity contribution in [1.29, 1.82) is 0 Å². The lowest BCUT2D eigenvalue weighted by atomic mass is 9.69. The molecule has 3 heteroatoms. The Balaban J connectivity index is 2.24. The first-order valence-electron chi connectivity index (χ1n) is 6.00. The maximum atomic E-state index is 10.7. The summed E-state index contributed by atoms with van der Waals surface area (Å²) in [5.41, 5.74) is 0.494. The van der Waals surface area contributed by atoms with Crippen molar-refractivity contribution in [2.24, 2.45) is 5.41 Å². The van der Waals surface area contributed by atoms with Gasteiger partial charge in [0.25, 0.3) is 0 Å².